The molecule has 0 aliphatic heterocycles. The third-order valence-electron chi connectivity index (χ3n) is 2.04. The van der Waals surface area contributed by atoms with E-state index in [2.05, 4.69) is 37.4 Å². The molecule has 60 valence electrons. The van der Waals surface area contributed by atoms with Crippen LogP contribution in [0.15, 0.2) is 35.1 Å². The van der Waals surface area contributed by atoms with Gasteiger partial charge in [-0.1, -0.05) is 17.7 Å². The van der Waals surface area contributed by atoms with Crippen LogP contribution in [0.5, 0.6) is 0 Å². The number of hydrogen-bond donors (Lipinski definition) is 1. The van der Waals surface area contributed by atoms with Crippen LogP contribution < -0.4 is 5.32 Å². The van der Waals surface area contributed by atoms with Crippen LogP contribution in [0.2, 0.25) is 0 Å². The van der Waals surface area contributed by atoms with Crippen molar-refractivity contribution in [1.82, 2.24) is 5.32 Å². The molecule has 0 fully saturated rings. The van der Waals surface area contributed by atoms with Crippen molar-refractivity contribution in [2.45, 2.75) is 20.3 Å². The number of likely N-dealkylation sites (N-methyl/N-ethyl adjacent to an activating group) is 1. The fourth-order valence-corrected chi connectivity index (χ4v) is 1.10. The molecule has 0 unspecified atom stereocenters. The first-order valence-electron chi connectivity index (χ1n) is 3.97. The molecule has 1 aliphatic rings. The zero-order valence-corrected chi connectivity index (χ0v) is 7.44. The van der Waals surface area contributed by atoms with E-state index in [9.17, 15) is 0 Å². The fraction of sp³-hybridized carbons (Fsp3) is 0.400. The van der Waals surface area contributed by atoms with E-state index in [-0.39, 0.29) is 0 Å². The zero-order chi connectivity index (χ0) is 8.27. The first kappa shape index (κ1) is 8.12. The normalized spacial score (nSPS) is 17.9. The van der Waals surface area contributed by atoms with Gasteiger partial charge in [-0.2, -0.15) is 0 Å². The van der Waals surface area contributed by atoms with Crippen LogP contribution in [0, 0.1) is 0 Å². The van der Waals surface area contributed by atoms with Gasteiger partial charge < -0.3 is 5.32 Å². The molecular formula is C10H15N. The molecule has 0 saturated heterocycles. The van der Waals surface area contributed by atoms with Crippen LogP contribution in [0.3, 0.4) is 0 Å². The van der Waals surface area contributed by atoms with Gasteiger partial charge in [-0.05, 0) is 31.9 Å². The quantitative estimate of drug-likeness (QED) is 0.603. The van der Waals surface area contributed by atoms with Crippen molar-refractivity contribution in [3.05, 3.63) is 35.1 Å². The zero-order valence-electron chi connectivity index (χ0n) is 7.44. The monoisotopic (exact) mass is 149 g/mol. The summed E-state index contributed by atoms with van der Waals surface area (Å²) in [5.74, 6) is 0. The number of rotatable bonds is 1. The first-order chi connectivity index (χ1) is 5.24. The Labute approximate surface area is 68.5 Å². The van der Waals surface area contributed by atoms with Crippen LogP contribution in [0.25, 0.3) is 0 Å². The molecule has 0 bridgehead atoms. The second kappa shape index (κ2) is 3.42. The molecule has 0 aromatic carbocycles. The molecule has 0 saturated carbocycles. The summed E-state index contributed by atoms with van der Waals surface area (Å²) in [5, 5.41) is 3.15. The van der Waals surface area contributed by atoms with E-state index in [0.717, 1.165) is 6.42 Å². The van der Waals surface area contributed by atoms with E-state index in [0.29, 0.717) is 0 Å². The SMILES string of the molecule is CNC1=CCC=C(C)C(C)=C1. The smallest absolute Gasteiger partial charge is 0.0302 e. The van der Waals surface area contributed by atoms with E-state index in [1.807, 2.05) is 7.05 Å². The van der Waals surface area contributed by atoms with Crippen LogP contribution >= 0.6 is 0 Å². The summed E-state index contributed by atoms with van der Waals surface area (Å²) in [6.45, 7) is 4.29. The molecule has 11 heavy (non-hydrogen) atoms. The largest absolute Gasteiger partial charge is 0.388 e. The third-order valence-corrected chi connectivity index (χ3v) is 2.04. The summed E-state index contributed by atoms with van der Waals surface area (Å²) < 4.78 is 0. The molecule has 1 rings (SSSR count). The van der Waals surface area contributed by atoms with Crippen LogP contribution in [0.4, 0.5) is 0 Å². The van der Waals surface area contributed by atoms with Crippen LogP contribution in [-0.4, -0.2) is 7.05 Å². The van der Waals surface area contributed by atoms with E-state index in [1.165, 1.54) is 16.8 Å². The molecule has 0 aromatic heterocycles. The minimum atomic E-state index is 1.04. The lowest BCUT2D eigenvalue weighted by atomic mass is 10.1. The molecule has 1 aliphatic carbocycles. The molecule has 0 aromatic rings. The fourth-order valence-electron chi connectivity index (χ4n) is 1.10. The molecule has 0 heterocycles. The van der Waals surface area contributed by atoms with Gasteiger partial charge in [-0.3, -0.25) is 0 Å². The molecule has 1 N–H and O–H groups in total. The van der Waals surface area contributed by atoms with Gasteiger partial charge in [-0.25, -0.2) is 0 Å². The summed E-state index contributed by atoms with van der Waals surface area (Å²) in [7, 11) is 1.95. The van der Waals surface area contributed by atoms with Crippen molar-refractivity contribution in [3.8, 4) is 0 Å². The van der Waals surface area contributed by atoms with Crippen LogP contribution in [-0.2, 0) is 0 Å². The Bertz CT molecular complexity index is 231. The standard InChI is InChI=1S/C10H15N/c1-8-5-4-6-10(11-3)7-9(8)2/h5-7,11H,4H2,1-3H3. The topological polar surface area (TPSA) is 12.0 Å². The summed E-state index contributed by atoms with van der Waals surface area (Å²) in [4.78, 5) is 0. The van der Waals surface area contributed by atoms with Crippen molar-refractivity contribution < 1.29 is 0 Å². The van der Waals surface area contributed by atoms with Gasteiger partial charge in [0.25, 0.3) is 0 Å². The van der Waals surface area contributed by atoms with Crippen LogP contribution in [0.1, 0.15) is 20.3 Å². The number of nitrogens with one attached hydrogen (secondary N) is 1. The van der Waals surface area contributed by atoms with Crippen molar-refractivity contribution >= 4 is 0 Å². The molecule has 0 amide bonds. The van der Waals surface area contributed by atoms with Crippen molar-refractivity contribution in [1.29, 1.82) is 0 Å². The Hall–Kier alpha value is -0.980. The molecular weight excluding hydrogens is 134 g/mol. The van der Waals surface area contributed by atoms with Gasteiger partial charge in [0.1, 0.15) is 0 Å². The van der Waals surface area contributed by atoms with E-state index in [4.69, 9.17) is 0 Å². The van der Waals surface area contributed by atoms with Gasteiger partial charge >= 0.3 is 0 Å². The second-order valence-electron chi connectivity index (χ2n) is 2.86. The van der Waals surface area contributed by atoms with E-state index in [1.54, 1.807) is 0 Å². The first-order valence-corrected chi connectivity index (χ1v) is 3.97. The highest BCUT2D eigenvalue weighted by atomic mass is 14.8. The van der Waals surface area contributed by atoms with Crippen molar-refractivity contribution in [2.75, 3.05) is 7.05 Å². The Morgan fingerprint density at radius 1 is 1.18 bits per heavy atom. The molecule has 0 spiro atoms. The highest BCUT2D eigenvalue weighted by Crippen LogP contribution is 2.15. The molecule has 1 nitrogen and oxygen atoms in total. The van der Waals surface area contributed by atoms with Gasteiger partial charge in [-0.15, -0.1) is 0 Å². The molecule has 0 atom stereocenters. The average Bonchev–Trinajstić information content (AvgIpc) is 2.15. The lowest BCUT2D eigenvalue weighted by Crippen LogP contribution is -2.02. The lowest BCUT2D eigenvalue weighted by molar-refractivity contribution is 1.02. The maximum atomic E-state index is 3.15. The summed E-state index contributed by atoms with van der Waals surface area (Å²) >= 11 is 0. The predicted molar refractivity (Wildman–Crippen MR) is 49.3 cm³/mol. The second-order valence-corrected chi connectivity index (χ2v) is 2.86. The van der Waals surface area contributed by atoms with Gasteiger partial charge in [0.2, 0.25) is 0 Å². The Morgan fingerprint density at radius 2 is 1.91 bits per heavy atom. The minimum Gasteiger partial charge on any atom is -0.388 e. The third kappa shape index (κ3) is 1.97. The predicted octanol–water partition coefficient (Wildman–Crippen LogP) is 2.39. The average molecular weight is 149 g/mol. The highest BCUT2D eigenvalue weighted by Gasteiger charge is 1.98. The maximum Gasteiger partial charge on any atom is 0.0302 e. The maximum absolute atomic E-state index is 3.15. The minimum absolute atomic E-state index is 1.04. The van der Waals surface area contributed by atoms with Crippen molar-refractivity contribution in [2.24, 2.45) is 0 Å². The Balaban J connectivity index is 2.87. The van der Waals surface area contributed by atoms with Crippen molar-refractivity contribution in [3.63, 3.8) is 0 Å². The molecule has 1 heteroatoms. The Morgan fingerprint density at radius 3 is 2.55 bits per heavy atom. The van der Waals surface area contributed by atoms with Gasteiger partial charge in [0.15, 0.2) is 0 Å². The summed E-state index contributed by atoms with van der Waals surface area (Å²) in [5.41, 5.74) is 3.95. The number of allylic oxidation sites excluding steroid dienone is 5. The van der Waals surface area contributed by atoms with Gasteiger partial charge in [0, 0.05) is 12.7 Å². The van der Waals surface area contributed by atoms with E-state index >= 15 is 0 Å². The highest BCUT2D eigenvalue weighted by molar-refractivity contribution is 5.37. The summed E-state index contributed by atoms with van der Waals surface area (Å²) in [6, 6.07) is 0. The Kier molecular flexibility index (Phi) is 2.53. The summed E-state index contributed by atoms with van der Waals surface area (Å²) in [6.07, 6.45) is 7.66. The lowest BCUT2D eigenvalue weighted by Gasteiger charge is -2.00. The molecule has 0 radical (unpaired) electrons. The van der Waals surface area contributed by atoms with Gasteiger partial charge in [0.05, 0.1) is 0 Å². The number of hydrogen-bond acceptors (Lipinski definition) is 1. The van der Waals surface area contributed by atoms with E-state index < -0.39 is 0 Å².